The van der Waals surface area contributed by atoms with Crippen molar-refractivity contribution in [3.8, 4) is 22.5 Å². The predicted octanol–water partition coefficient (Wildman–Crippen LogP) is 3.85. The van der Waals surface area contributed by atoms with Crippen LogP contribution in [0.15, 0.2) is 60.7 Å². The number of nitrogens with two attached hydrogens (primary N) is 3. The summed E-state index contributed by atoms with van der Waals surface area (Å²) in [6.45, 7) is 2.49. The molecular weight excluding hydrogens is 668 g/mol. The fourth-order valence-electron chi connectivity index (χ4n) is 7.24. The quantitative estimate of drug-likeness (QED) is 0.152. The van der Waals surface area contributed by atoms with E-state index < -0.39 is 11.9 Å². The lowest BCUT2D eigenvalue weighted by Gasteiger charge is -2.35. The Balaban J connectivity index is 0.00000504. The Morgan fingerprint density at radius 2 is 1.57 bits per heavy atom. The molecule has 2 aliphatic rings. The molecule has 13 nitrogen and oxygen atoms in total. The Hall–Kier alpha value is -4.72. The number of anilines is 1. The highest BCUT2D eigenvalue weighted by molar-refractivity contribution is 6.02. The van der Waals surface area contributed by atoms with Crippen LogP contribution in [0.25, 0.3) is 22.5 Å². The second-order valence-electron chi connectivity index (χ2n) is 13.7. The number of rotatable bonds is 11. The van der Waals surface area contributed by atoms with Crippen molar-refractivity contribution in [2.45, 2.75) is 82.8 Å². The predicted molar refractivity (Wildman–Crippen MR) is 198 cm³/mol. The highest BCUT2D eigenvalue weighted by atomic mass is 35.5. The van der Waals surface area contributed by atoms with Gasteiger partial charge in [0.15, 0.2) is 0 Å². The molecule has 0 unspecified atom stereocenters. The molecule has 0 aliphatic heterocycles. The highest BCUT2D eigenvalue weighted by Gasteiger charge is 2.36. The van der Waals surface area contributed by atoms with E-state index in [-0.39, 0.29) is 48.6 Å². The normalized spacial score (nSPS) is 20.8. The van der Waals surface area contributed by atoms with Gasteiger partial charge in [-0.2, -0.15) is 5.21 Å². The third-order valence-corrected chi connectivity index (χ3v) is 10.3. The minimum absolute atomic E-state index is 0. The maximum absolute atomic E-state index is 14.2. The number of nitrogens with zero attached hydrogens (tertiary/aromatic N) is 5. The monoisotopic (exact) mass is 714 g/mol. The van der Waals surface area contributed by atoms with Crippen molar-refractivity contribution < 1.29 is 14.4 Å². The van der Waals surface area contributed by atoms with E-state index in [1.54, 1.807) is 35.2 Å². The summed E-state index contributed by atoms with van der Waals surface area (Å²) >= 11 is 0. The van der Waals surface area contributed by atoms with Crippen molar-refractivity contribution in [2.75, 3.05) is 11.4 Å². The molecule has 2 aromatic carbocycles. The second-order valence-corrected chi connectivity index (χ2v) is 13.7. The van der Waals surface area contributed by atoms with E-state index in [9.17, 15) is 14.4 Å². The number of H-pyrrole nitrogens is 1. The zero-order valence-electron chi connectivity index (χ0n) is 28.8. The summed E-state index contributed by atoms with van der Waals surface area (Å²) in [5, 5.41) is 17.2. The van der Waals surface area contributed by atoms with Gasteiger partial charge in [0.05, 0.1) is 0 Å². The van der Waals surface area contributed by atoms with Crippen molar-refractivity contribution in [1.29, 1.82) is 0 Å². The van der Waals surface area contributed by atoms with Crippen molar-refractivity contribution in [3.63, 3.8) is 0 Å². The first-order valence-electron chi connectivity index (χ1n) is 17.5. The minimum atomic E-state index is -0.919. The number of pyridine rings is 1. The number of aromatic amines is 1. The van der Waals surface area contributed by atoms with Crippen molar-refractivity contribution in [1.82, 2.24) is 30.9 Å². The van der Waals surface area contributed by atoms with Crippen LogP contribution >= 0.6 is 12.4 Å². The molecule has 270 valence electrons. The van der Waals surface area contributed by atoms with Gasteiger partial charge in [-0.05, 0) is 117 Å². The lowest BCUT2D eigenvalue weighted by molar-refractivity contribution is -0.127. The summed E-state index contributed by atoms with van der Waals surface area (Å²) in [6.07, 6.45) is 6.97. The minimum Gasteiger partial charge on any atom is -0.368 e. The molecular formula is C37H47ClN10O3. The van der Waals surface area contributed by atoms with E-state index >= 15 is 0 Å². The van der Waals surface area contributed by atoms with Gasteiger partial charge < -0.3 is 22.5 Å². The number of tetrazole rings is 1. The summed E-state index contributed by atoms with van der Waals surface area (Å²) < 4.78 is 0. The third-order valence-electron chi connectivity index (χ3n) is 10.3. The molecule has 2 saturated carbocycles. The molecule has 2 aromatic heterocycles. The van der Waals surface area contributed by atoms with Crippen LogP contribution in [-0.4, -0.2) is 68.0 Å². The van der Waals surface area contributed by atoms with Gasteiger partial charge in [0, 0.05) is 46.9 Å². The number of carbonyl (C=O) groups excluding carboxylic acids is 3. The first-order chi connectivity index (χ1) is 24.2. The van der Waals surface area contributed by atoms with Crippen LogP contribution in [0.4, 0.5) is 5.69 Å². The molecule has 0 spiro atoms. The Morgan fingerprint density at radius 3 is 2.16 bits per heavy atom. The molecule has 0 bridgehead atoms. The smallest absolute Gasteiger partial charge is 0.270 e. The fraction of sp³-hybridized carbons (Fsp3) is 0.432. The molecule has 2 aliphatic carbocycles. The molecule has 0 radical (unpaired) electrons. The average Bonchev–Trinajstić information content (AvgIpc) is 3.68. The van der Waals surface area contributed by atoms with Gasteiger partial charge in [-0.3, -0.25) is 19.3 Å². The van der Waals surface area contributed by atoms with Gasteiger partial charge in [-0.25, -0.2) is 4.98 Å². The summed E-state index contributed by atoms with van der Waals surface area (Å²) in [6, 6.07) is 18.1. The van der Waals surface area contributed by atoms with E-state index in [0.29, 0.717) is 42.5 Å². The molecule has 2 heterocycles. The van der Waals surface area contributed by atoms with Crippen LogP contribution in [0, 0.1) is 18.8 Å². The SMILES string of the molecule is Cc1nc(C(=O)NC2CCC(N)CC2)ccc1-c1ccc(C[C@@H](C(N)=O)N(C(=O)C2CCC(CN)CC2)c2ccc(-c3nn[nH]n3)cc2)cc1.Cl. The van der Waals surface area contributed by atoms with Crippen LogP contribution in [-0.2, 0) is 16.0 Å². The summed E-state index contributed by atoms with van der Waals surface area (Å²) in [7, 11) is 0. The number of amides is 3. The van der Waals surface area contributed by atoms with Gasteiger partial charge in [0.1, 0.15) is 11.7 Å². The maximum atomic E-state index is 14.2. The zero-order chi connectivity index (χ0) is 35.2. The molecule has 2 fully saturated rings. The van der Waals surface area contributed by atoms with Gasteiger partial charge in [0.2, 0.25) is 17.6 Å². The van der Waals surface area contributed by atoms with E-state index in [2.05, 4.69) is 30.9 Å². The molecule has 14 heteroatoms. The Morgan fingerprint density at radius 1 is 0.902 bits per heavy atom. The number of aromatic nitrogens is 5. The van der Waals surface area contributed by atoms with E-state index in [1.165, 1.54) is 0 Å². The lowest BCUT2D eigenvalue weighted by Crippen LogP contribution is -2.52. The van der Waals surface area contributed by atoms with Crippen molar-refractivity contribution in [3.05, 3.63) is 77.6 Å². The van der Waals surface area contributed by atoms with Gasteiger partial charge in [-0.1, -0.05) is 30.3 Å². The van der Waals surface area contributed by atoms with Crippen LogP contribution in [0.5, 0.6) is 0 Å². The molecule has 0 saturated heterocycles. The van der Waals surface area contributed by atoms with Crippen LogP contribution in [0.1, 0.15) is 73.1 Å². The molecule has 8 N–H and O–H groups in total. The summed E-state index contributed by atoms with van der Waals surface area (Å²) in [5.41, 5.74) is 23.1. The Labute approximate surface area is 303 Å². The number of primary amides is 1. The average molecular weight is 715 g/mol. The van der Waals surface area contributed by atoms with Gasteiger partial charge in [-0.15, -0.1) is 22.6 Å². The first-order valence-corrected chi connectivity index (χ1v) is 17.5. The van der Waals surface area contributed by atoms with Crippen molar-refractivity contribution >= 4 is 35.8 Å². The second kappa shape index (κ2) is 17.0. The topological polar surface area (TPSA) is 212 Å². The third kappa shape index (κ3) is 8.96. The Kier molecular flexibility index (Phi) is 12.5. The van der Waals surface area contributed by atoms with E-state index in [1.807, 2.05) is 37.3 Å². The number of carbonyl (C=O) groups is 3. The summed E-state index contributed by atoms with van der Waals surface area (Å²) in [5.74, 6) is -0.295. The van der Waals surface area contributed by atoms with Gasteiger partial charge in [0.25, 0.3) is 5.91 Å². The summed E-state index contributed by atoms with van der Waals surface area (Å²) in [4.78, 5) is 46.5. The molecule has 1 atom stereocenters. The largest absolute Gasteiger partial charge is 0.368 e. The van der Waals surface area contributed by atoms with Crippen LogP contribution in [0.3, 0.4) is 0 Å². The van der Waals surface area contributed by atoms with Crippen LogP contribution in [0.2, 0.25) is 0 Å². The van der Waals surface area contributed by atoms with E-state index in [4.69, 9.17) is 17.2 Å². The standard InChI is InChI=1S/C37H46N10O3.ClH/c1-22-31(18-19-32(41-22)36(49)42-29-14-12-28(39)13-15-29)25-6-2-23(3-7-25)20-33(34(40)48)47(37(50)27-8-4-24(21-38)5-9-27)30-16-10-26(11-17-30)35-43-45-46-44-35;/h2-3,6-7,10-11,16-19,24,27-29,33H,4-5,8-9,12-15,20-21,38-39H2,1H3,(H2,40,48)(H,42,49)(H,43,44,45,46);1H/t24?,27?,28?,29?,33-;/m0./s1. The Bertz CT molecular complexity index is 1770. The van der Waals surface area contributed by atoms with Gasteiger partial charge >= 0.3 is 0 Å². The van der Waals surface area contributed by atoms with Crippen LogP contribution < -0.4 is 27.4 Å². The number of hydrogen-bond donors (Lipinski definition) is 5. The fourth-order valence-corrected chi connectivity index (χ4v) is 7.24. The first kappa shape index (κ1) is 37.5. The molecule has 6 rings (SSSR count). The molecule has 3 amide bonds. The van der Waals surface area contributed by atoms with Crippen molar-refractivity contribution in [2.24, 2.45) is 29.0 Å². The number of hydrogen-bond acceptors (Lipinski definition) is 9. The highest BCUT2D eigenvalue weighted by Crippen LogP contribution is 2.33. The zero-order valence-corrected chi connectivity index (χ0v) is 29.6. The molecule has 51 heavy (non-hydrogen) atoms. The lowest BCUT2D eigenvalue weighted by atomic mass is 9.81. The number of benzene rings is 2. The number of aryl methyl sites for hydroxylation is 1. The number of nitrogens with one attached hydrogen (secondary N) is 2. The molecule has 4 aromatic rings. The van der Waals surface area contributed by atoms with E-state index in [0.717, 1.165) is 66.5 Å². The number of halogens is 1. The maximum Gasteiger partial charge on any atom is 0.270 e.